The summed E-state index contributed by atoms with van der Waals surface area (Å²) in [4.78, 5) is 4.20. The number of aromatic nitrogens is 4. The summed E-state index contributed by atoms with van der Waals surface area (Å²) in [6.07, 6.45) is 9.12. The van der Waals surface area contributed by atoms with Gasteiger partial charge in [-0.2, -0.15) is 5.10 Å². The molecule has 2 aromatic heterocycles. The Kier molecular flexibility index (Phi) is 5.15. The fraction of sp³-hybridized carbons (Fsp3) is 0.571. The van der Waals surface area contributed by atoms with E-state index in [9.17, 15) is 0 Å². The number of hydrogen-bond acceptors (Lipinski definition) is 3. The molecule has 5 heteroatoms. The van der Waals surface area contributed by atoms with E-state index in [0.717, 1.165) is 38.9 Å². The van der Waals surface area contributed by atoms with Gasteiger partial charge in [-0.1, -0.05) is 6.92 Å². The first-order valence-corrected chi connectivity index (χ1v) is 6.99. The highest BCUT2D eigenvalue weighted by Crippen LogP contribution is 2.05. The molecule has 0 atom stereocenters. The molecule has 0 bridgehead atoms. The van der Waals surface area contributed by atoms with Gasteiger partial charge in [-0.15, -0.1) is 0 Å². The highest BCUT2D eigenvalue weighted by Gasteiger charge is 2.02. The van der Waals surface area contributed by atoms with E-state index in [1.807, 2.05) is 18.7 Å². The molecule has 0 saturated heterocycles. The Bertz CT molecular complexity index is 485. The lowest BCUT2D eigenvalue weighted by Crippen LogP contribution is -2.17. The third-order valence-electron chi connectivity index (χ3n) is 3.30. The van der Waals surface area contributed by atoms with Gasteiger partial charge in [0.2, 0.25) is 0 Å². The molecule has 0 saturated carbocycles. The molecule has 19 heavy (non-hydrogen) atoms. The van der Waals surface area contributed by atoms with Crippen LogP contribution in [0.3, 0.4) is 0 Å². The van der Waals surface area contributed by atoms with Crippen molar-refractivity contribution in [1.29, 1.82) is 0 Å². The minimum absolute atomic E-state index is 0.893. The Labute approximate surface area is 114 Å². The molecule has 0 unspecified atom stereocenters. The van der Waals surface area contributed by atoms with Gasteiger partial charge in [-0.05, 0) is 38.3 Å². The van der Waals surface area contributed by atoms with Gasteiger partial charge < -0.3 is 9.88 Å². The second-order valence-electron chi connectivity index (χ2n) is 4.88. The van der Waals surface area contributed by atoms with Crippen LogP contribution in [0.15, 0.2) is 18.7 Å². The summed E-state index contributed by atoms with van der Waals surface area (Å²) in [5.74, 6) is 0. The number of imidazole rings is 1. The van der Waals surface area contributed by atoms with Crippen molar-refractivity contribution in [2.75, 3.05) is 6.54 Å². The predicted molar refractivity (Wildman–Crippen MR) is 75.9 cm³/mol. The second-order valence-corrected chi connectivity index (χ2v) is 4.88. The number of aryl methyl sites for hydroxylation is 3. The summed E-state index contributed by atoms with van der Waals surface area (Å²) >= 11 is 0. The van der Waals surface area contributed by atoms with Crippen LogP contribution in [-0.2, 0) is 19.5 Å². The Morgan fingerprint density at radius 1 is 1.37 bits per heavy atom. The Morgan fingerprint density at radius 3 is 3.00 bits per heavy atom. The van der Waals surface area contributed by atoms with E-state index in [2.05, 4.69) is 38.9 Å². The Balaban J connectivity index is 1.66. The molecular weight excluding hydrogens is 238 g/mol. The fourth-order valence-electron chi connectivity index (χ4n) is 2.19. The third-order valence-corrected chi connectivity index (χ3v) is 3.30. The van der Waals surface area contributed by atoms with E-state index in [4.69, 9.17) is 0 Å². The topological polar surface area (TPSA) is 58.5 Å². The first kappa shape index (κ1) is 13.8. The van der Waals surface area contributed by atoms with Crippen molar-refractivity contribution < 1.29 is 0 Å². The normalized spacial score (nSPS) is 11.1. The minimum atomic E-state index is 0.893. The maximum absolute atomic E-state index is 4.20. The molecular formula is C14H23N5. The molecule has 0 fully saturated rings. The van der Waals surface area contributed by atoms with Crippen molar-refractivity contribution in [2.24, 2.45) is 0 Å². The molecule has 2 aromatic rings. The van der Waals surface area contributed by atoms with Crippen LogP contribution in [0.25, 0.3) is 0 Å². The number of aromatic amines is 1. The van der Waals surface area contributed by atoms with Crippen LogP contribution < -0.4 is 5.32 Å². The van der Waals surface area contributed by atoms with Crippen molar-refractivity contribution >= 4 is 0 Å². The summed E-state index contributed by atoms with van der Waals surface area (Å²) in [6.45, 7) is 7.21. The van der Waals surface area contributed by atoms with E-state index in [-0.39, 0.29) is 0 Å². The van der Waals surface area contributed by atoms with Crippen LogP contribution in [0, 0.1) is 6.92 Å². The lowest BCUT2D eigenvalue weighted by atomic mass is 10.1. The van der Waals surface area contributed by atoms with Crippen molar-refractivity contribution in [3.8, 4) is 0 Å². The maximum Gasteiger partial charge on any atom is 0.0948 e. The minimum Gasteiger partial charge on any atom is -0.333 e. The van der Waals surface area contributed by atoms with Gasteiger partial charge in [0, 0.05) is 25.0 Å². The fourth-order valence-corrected chi connectivity index (χ4v) is 2.19. The molecule has 0 aliphatic heterocycles. The van der Waals surface area contributed by atoms with Gasteiger partial charge in [0.05, 0.1) is 18.2 Å². The third kappa shape index (κ3) is 3.92. The Morgan fingerprint density at radius 2 is 2.26 bits per heavy atom. The molecule has 0 aromatic carbocycles. The van der Waals surface area contributed by atoms with Crippen LogP contribution in [0.2, 0.25) is 0 Å². The zero-order valence-corrected chi connectivity index (χ0v) is 11.8. The molecule has 104 valence electrons. The maximum atomic E-state index is 4.20. The second kappa shape index (κ2) is 7.09. The summed E-state index contributed by atoms with van der Waals surface area (Å²) in [7, 11) is 0. The van der Waals surface area contributed by atoms with Crippen LogP contribution in [-0.4, -0.2) is 26.3 Å². The smallest absolute Gasteiger partial charge is 0.0948 e. The number of hydrogen-bond donors (Lipinski definition) is 2. The molecule has 2 rings (SSSR count). The van der Waals surface area contributed by atoms with Gasteiger partial charge in [0.15, 0.2) is 0 Å². The number of nitrogens with zero attached hydrogens (tertiary/aromatic N) is 3. The van der Waals surface area contributed by atoms with E-state index < -0.39 is 0 Å². The van der Waals surface area contributed by atoms with Crippen molar-refractivity contribution in [2.45, 2.75) is 46.2 Å². The summed E-state index contributed by atoms with van der Waals surface area (Å²) < 4.78 is 2.22. The highest BCUT2D eigenvalue weighted by atomic mass is 15.1. The zero-order chi connectivity index (χ0) is 13.5. The molecule has 0 aliphatic carbocycles. The lowest BCUT2D eigenvalue weighted by molar-refractivity contribution is 0.589. The molecule has 5 nitrogen and oxygen atoms in total. The number of H-pyrrole nitrogens is 1. The number of nitrogens with one attached hydrogen (secondary N) is 2. The van der Waals surface area contributed by atoms with Crippen LogP contribution in [0.1, 0.15) is 36.7 Å². The van der Waals surface area contributed by atoms with Gasteiger partial charge in [-0.25, -0.2) is 4.98 Å². The molecule has 0 radical (unpaired) electrons. The zero-order valence-electron chi connectivity index (χ0n) is 11.8. The quantitative estimate of drug-likeness (QED) is 0.715. The summed E-state index contributed by atoms with van der Waals surface area (Å²) in [5.41, 5.74) is 3.76. The van der Waals surface area contributed by atoms with Crippen molar-refractivity contribution in [3.63, 3.8) is 0 Å². The average Bonchev–Trinajstić information content (AvgIpc) is 3.00. The lowest BCUT2D eigenvalue weighted by Gasteiger charge is -2.08. The summed E-state index contributed by atoms with van der Waals surface area (Å²) in [6, 6.07) is 0. The van der Waals surface area contributed by atoms with Crippen molar-refractivity contribution in [1.82, 2.24) is 25.1 Å². The van der Waals surface area contributed by atoms with E-state index in [0.29, 0.717) is 0 Å². The van der Waals surface area contributed by atoms with E-state index in [1.54, 1.807) is 0 Å². The van der Waals surface area contributed by atoms with Crippen LogP contribution in [0.4, 0.5) is 0 Å². The van der Waals surface area contributed by atoms with Gasteiger partial charge in [0.25, 0.3) is 0 Å². The molecule has 2 heterocycles. The van der Waals surface area contributed by atoms with E-state index >= 15 is 0 Å². The number of rotatable bonds is 8. The largest absolute Gasteiger partial charge is 0.333 e. The van der Waals surface area contributed by atoms with E-state index in [1.165, 1.54) is 17.0 Å². The molecule has 0 aliphatic rings. The highest BCUT2D eigenvalue weighted by molar-refractivity contribution is 5.14. The van der Waals surface area contributed by atoms with Crippen LogP contribution >= 0.6 is 0 Å². The predicted octanol–water partition coefficient (Wildman–Crippen LogP) is 2.05. The summed E-state index contributed by atoms with van der Waals surface area (Å²) in [5, 5.41) is 10.5. The standard InChI is InChI=1S/C14H23N5/c1-3-7-19-11-16-10-14(19)9-15-6-4-5-13-8-17-18-12(13)2/h8,10-11,15H,3-7,9H2,1-2H3,(H,17,18). The van der Waals surface area contributed by atoms with Crippen LogP contribution in [0.5, 0.6) is 0 Å². The Hall–Kier alpha value is -1.62. The molecule has 0 spiro atoms. The van der Waals surface area contributed by atoms with Gasteiger partial charge in [0.1, 0.15) is 0 Å². The average molecular weight is 261 g/mol. The SMILES string of the molecule is CCCn1cncc1CNCCCc1cn[nH]c1C. The first-order chi connectivity index (χ1) is 9.31. The van der Waals surface area contributed by atoms with Gasteiger partial charge in [-0.3, -0.25) is 5.10 Å². The monoisotopic (exact) mass is 261 g/mol. The molecule has 0 amide bonds. The van der Waals surface area contributed by atoms with Crippen molar-refractivity contribution in [3.05, 3.63) is 35.7 Å². The van der Waals surface area contributed by atoms with Gasteiger partial charge >= 0.3 is 0 Å². The first-order valence-electron chi connectivity index (χ1n) is 6.99. The molecule has 2 N–H and O–H groups in total.